The third-order valence-electron chi connectivity index (χ3n) is 2.18. The van der Waals surface area contributed by atoms with Crippen LogP contribution in [0.25, 0.3) is 0 Å². The summed E-state index contributed by atoms with van der Waals surface area (Å²) in [4.78, 5) is 14.7. The highest BCUT2D eigenvalue weighted by Crippen LogP contribution is 2.12. The second-order valence-corrected chi connectivity index (χ2v) is 4.34. The number of hydrogen-bond acceptors (Lipinski definition) is 5. The lowest BCUT2D eigenvalue weighted by Gasteiger charge is -2.06. The molecule has 102 valence electrons. The molecule has 19 heavy (non-hydrogen) atoms. The quantitative estimate of drug-likeness (QED) is 0.803. The van der Waals surface area contributed by atoms with Crippen molar-refractivity contribution in [3.05, 3.63) is 41.4 Å². The van der Waals surface area contributed by atoms with Crippen molar-refractivity contribution in [3.8, 4) is 5.75 Å². The summed E-state index contributed by atoms with van der Waals surface area (Å²) in [6, 6.07) is 6.33. The average molecular weight is 301 g/mol. The molecule has 1 aromatic carbocycles. The maximum Gasteiger partial charge on any atom is 0.335 e. The van der Waals surface area contributed by atoms with Gasteiger partial charge in [-0.15, -0.1) is 23.7 Å². The van der Waals surface area contributed by atoms with E-state index < -0.39 is 5.97 Å². The van der Waals surface area contributed by atoms with Gasteiger partial charge in [-0.3, -0.25) is 0 Å². The SMILES string of the molecule is Cl.O=C(O)c1ccc(OCCNc2nccs2)cc1. The predicted molar refractivity (Wildman–Crippen MR) is 76.7 cm³/mol. The molecule has 1 heterocycles. The summed E-state index contributed by atoms with van der Waals surface area (Å²) in [6.45, 7) is 1.14. The van der Waals surface area contributed by atoms with Crippen molar-refractivity contribution in [1.29, 1.82) is 0 Å². The Hall–Kier alpha value is -1.79. The van der Waals surface area contributed by atoms with Gasteiger partial charge in [0.2, 0.25) is 0 Å². The summed E-state index contributed by atoms with van der Waals surface area (Å²) in [6.07, 6.45) is 1.73. The van der Waals surface area contributed by atoms with E-state index in [2.05, 4.69) is 10.3 Å². The first-order valence-corrected chi connectivity index (χ1v) is 6.23. The number of halogens is 1. The van der Waals surface area contributed by atoms with Gasteiger partial charge >= 0.3 is 5.97 Å². The van der Waals surface area contributed by atoms with Crippen LogP contribution in [0.3, 0.4) is 0 Å². The van der Waals surface area contributed by atoms with E-state index >= 15 is 0 Å². The van der Waals surface area contributed by atoms with Gasteiger partial charge in [0.25, 0.3) is 0 Å². The molecule has 2 N–H and O–H groups in total. The molecule has 0 unspecified atom stereocenters. The van der Waals surface area contributed by atoms with Crippen molar-refractivity contribution in [3.63, 3.8) is 0 Å². The van der Waals surface area contributed by atoms with Crippen LogP contribution in [0.2, 0.25) is 0 Å². The van der Waals surface area contributed by atoms with Crippen LogP contribution in [0.5, 0.6) is 5.75 Å². The highest BCUT2D eigenvalue weighted by Gasteiger charge is 2.01. The monoisotopic (exact) mass is 300 g/mol. The number of aromatic nitrogens is 1. The van der Waals surface area contributed by atoms with E-state index in [1.165, 1.54) is 23.5 Å². The number of ether oxygens (including phenoxy) is 1. The van der Waals surface area contributed by atoms with Crippen molar-refractivity contribution < 1.29 is 14.6 Å². The van der Waals surface area contributed by atoms with Crippen LogP contribution in [-0.4, -0.2) is 29.2 Å². The second kappa shape index (κ2) is 7.60. The van der Waals surface area contributed by atoms with E-state index in [1.807, 2.05) is 5.38 Å². The molecule has 2 aromatic rings. The minimum absolute atomic E-state index is 0. The van der Waals surface area contributed by atoms with E-state index in [-0.39, 0.29) is 18.0 Å². The molecule has 5 nitrogen and oxygen atoms in total. The molecule has 0 saturated heterocycles. The number of benzene rings is 1. The Morgan fingerprint density at radius 2 is 2.11 bits per heavy atom. The number of carboxylic acids is 1. The highest BCUT2D eigenvalue weighted by atomic mass is 35.5. The Bertz CT molecular complexity index is 502. The summed E-state index contributed by atoms with van der Waals surface area (Å²) >= 11 is 1.53. The molecule has 0 radical (unpaired) electrons. The third-order valence-corrected chi connectivity index (χ3v) is 2.91. The molecule has 1 aromatic heterocycles. The molecule has 0 aliphatic carbocycles. The van der Waals surface area contributed by atoms with Crippen LogP contribution >= 0.6 is 23.7 Å². The Morgan fingerprint density at radius 3 is 2.68 bits per heavy atom. The van der Waals surface area contributed by atoms with Crippen molar-refractivity contribution in [1.82, 2.24) is 4.98 Å². The van der Waals surface area contributed by atoms with Gasteiger partial charge in [-0.2, -0.15) is 0 Å². The Morgan fingerprint density at radius 1 is 1.37 bits per heavy atom. The lowest BCUT2D eigenvalue weighted by atomic mass is 10.2. The minimum Gasteiger partial charge on any atom is -0.492 e. The number of carboxylic acid groups (broad SMARTS) is 1. The van der Waals surface area contributed by atoms with Gasteiger partial charge in [0.15, 0.2) is 5.13 Å². The predicted octanol–water partition coefficient (Wildman–Crippen LogP) is 2.75. The normalized spacial score (nSPS) is 9.47. The summed E-state index contributed by atoms with van der Waals surface area (Å²) < 4.78 is 5.46. The number of nitrogens with one attached hydrogen (secondary N) is 1. The molecule has 0 fully saturated rings. The van der Waals surface area contributed by atoms with E-state index in [1.54, 1.807) is 18.3 Å². The number of hydrogen-bond donors (Lipinski definition) is 2. The number of rotatable bonds is 6. The fraction of sp³-hybridized carbons (Fsp3) is 0.167. The molecule has 0 atom stereocenters. The molecule has 0 saturated carbocycles. The highest BCUT2D eigenvalue weighted by molar-refractivity contribution is 7.13. The van der Waals surface area contributed by atoms with Gasteiger partial charge in [-0.05, 0) is 24.3 Å². The standard InChI is InChI=1S/C12H12N2O3S.ClH/c15-11(16)9-1-3-10(4-2-9)17-7-5-13-12-14-6-8-18-12;/h1-4,6,8H,5,7H2,(H,13,14)(H,15,16);1H. The molecule has 0 aliphatic rings. The number of thiazole rings is 1. The van der Waals surface area contributed by atoms with Gasteiger partial charge in [0.1, 0.15) is 12.4 Å². The Labute approximate surface area is 120 Å². The van der Waals surface area contributed by atoms with Crippen molar-refractivity contribution >= 4 is 34.8 Å². The van der Waals surface area contributed by atoms with Crippen molar-refractivity contribution in [2.75, 3.05) is 18.5 Å². The summed E-state index contributed by atoms with van der Waals surface area (Å²) in [5.74, 6) is -0.284. The molecule has 0 aliphatic heterocycles. The first-order valence-electron chi connectivity index (χ1n) is 5.35. The zero-order valence-corrected chi connectivity index (χ0v) is 11.5. The topological polar surface area (TPSA) is 71.5 Å². The number of anilines is 1. The van der Waals surface area contributed by atoms with Gasteiger partial charge in [-0.25, -0.2) is 9.78 Å². The Kier molecular flexibility index (Phi) is 6.11. The molecular formula is C12H13ClN2O3S. The van der Waals surface area contributed by atoms with Crippen LogP contribution in [0, 0.1) is 0 Å². The third kappa shape index (κ3) is 4.76. The number of carbonyl (C=O) groups is 1. The summed E-state index contributed by atoms with van der Waals surface area (Å²) in [7, 11) is 0. The van der Waals surface area contributed by atoms with E-state index in [0.717, 1.165) is 5.13 Å². The molecule has 2 rings (SSSR count). The molecular weight excluding hydrogens is 288 g/mol. The second-order valence-electron chi connectivity index (χ2n) is 3.44. The first-order chi connectivity index (χ1) is 8.75. The lowest BCUT2D eigenvalue weighted by molar-refractivity contribution is 0.0697. The van der Waals surface area contributed by atoms with Gasteiger partial charge < -0.3 is 15.2 Å². The van der Waals surface area contributed by atoms with Gasteiger partial charge in [0.05, 0.1) is 12.1 Å². The smallest absolute Gasteiger partial charge is 0.335 e. The van der Waals surface area contributed by atoms with Crippen molar-refractivity contribution in [2.45, 2.75) is 0 Å². The van der Waals surface area contributed by atoms with Crippen molar-refractivity contribution in [2.24, 2.45) is 0 Å². The minimum atomic E-state index is -0.938. The lowest BCUT2D eigenvalue weighted by Crippen LogP contribution is -2.11. The van der Waals surface area contributed by atoms with E-state index in [0.29, 0.717) is 18.9 Å². The van der Waals surface area contributed by atoms with Crippen LogP contribution in [0.1, 0.15) is 10.4 Å². The van der Waals surface area contributed by atoms with Crippen LogP contribution in [0.4, 0.5) is 5.13 Å². The molecule has 0 amide bonds. The van der Waals surface area contributed by atoms with Crippen LogP contribution < -0.4 is 10.1 Å². The maximum absolute atomic E-state index is 10.6. The summed E-state index contributed by atoms with van der Waals surface area (Å²) in [5, 5.41) is 14.6. The van der Waals surface area contributed by atoms with E-state index in [9.17, 15) is 4.79 Å². The van der Waals surface area contributed by atoms with E-state index in [4.69, 9.17) is 9.84 Å². The zero-order chi connectivity index (χ0) is 12.8. The average Bonchev–Trinajstić information content (AvgIpc) is 2.88. The van der Waals surface area contributed by atoms with Gasteiger partial charge in [0, 0.05) is 11.6 Å². The molecule has 0 bridgehead atoms. The number of aromatic carboxylic acids is 1. The fourth-order valence-corrected chi connectivity index (χ4v) is 1.89. The van der Waals surface area contributed by atoms with Crippen LogP contribution in [-0.2, 0) is 0 Å². The zero-order valence-electron chi connectivity index (χ0n) is 9.91. The van der Waals surface area contributed by atoms with Gasteiger partial charge in [-0.1, -0.05) is 0 Å². The fourth-order valence-electron chi connectivity index (χ4n) is 1.33. The molecule has 0 spiro atoms. The molecule has 7 heteroatoms. The maximum atomic E-state index is 10.6. The number of nitrogens with zero attached hydrogens (tertiary/aromatic N) is 1. The Balaban J connectivity index is 0.00000180. The summed E-state index contributed by atoms with van der Waals surface area (Å²) in [5.41, 5.74) is 0.253. The first kappa shape index (κ1) is 15.3. The van der Waals surface area contributed by atoms with Crippen LogP contribution in [0.15, 0.2) is 35.8 Å². The largest absolute Gasteiger partial charge is 0.492 e.